The maximum Gasteiger partial charge on any atom is 0.274 e. The van der Waals surface area contributed by atoms with Crippen LogP contribution in [0.5, 0.6) is 0 Å². The molecule has 5 nitrogen and oxygen atoms in total. The van der Waals surface area contributed by atoms with Gasteiger partial charge in [0, 0.05) is 24.8 Å². The van der Waals surface area contributed by atoms with Gasteiger partial charge in [0.15, 0.2) is 0 Å². The second kappa shape index (κ2) is 7.21. The molecule has 1 fully saturated rings. The molecule has 0 radical (unpaired) electrons. The number of anilines is 2. The van der Waals surface area contributed by atoms with E-state index in [0.717, 1.165) is 42.1 Å². The first-order chi connectivity index (χ1) is 11.9. The molecule has 25 heavy (non-hydrogen) atoms. The Morgan fingerprint density at radius 3 is 2.80 bits per heavy atom. The van der Waals surface area contributed by atoms with Crippen molar-refractivity contribution in [3.8, 4) is 0 Å². The first-order valence-electron chi connectivity index (χ1n) is 8.92. The molecule has 1 atom stereocenters. The summed E-state index contributed by atoms with van der Waals surface area (Å²) < 4.78 is 0. The van der Waals surface area contributed by atoms with Gasteiger partial charge in [0.25, 0.3) is 5.91 Å². The summed E-state index contributed by atoms with van der Waals surface area (Å²) in [7, 11) is 0. The van der Waals surface area contributed by atoms with E-state index in [1.165, 1.54) is 6.42 Å². The van der Waals surface area contributed by atoms with E-state index >= 15 is 0 Å². The van der Waals surface area contributed by atoms with E-state index in [9.17, 15) is 4.79 Å². The minimum absolute atomic E-state index is 0.189. The number of amides is 1. The molecule has 1 aliphatic rings. The van der Waals surface area contributed by atoms with Crippen molar-refractivity contribution in [3.63, 3.8) is 0 Å². The third-order valence-electron chi connectivity index (χ3n) is 4.89. The van der Waals surface area contributed by atoms with E-state index in [-0.39, 0.29) is 5.91 Å². The van der Waals surface area contributed by atoms with Crippen LogP contribution < -0.4 is 10.2 Å². The minimum Gasteiger partial charge on any atom is -0.356 e. The van der Waals surface area contributed by atoms with Gasteiger partial charge in [-0.3, -0.25) is 4.79 Å². The molecule has 132 valence electrons. The van der Waals surface area contributed by atoms with Gasteiger partial charge >= 0.3 is 0 Å². The monoisotopic (exact) mass is 338 g/mol. The lowest BCUT2D eigenvalue weighted by Crippen LogP contribution is -2.35. The number of aryl methyl sites for hydroxylation is 2. The number of nitrogens with zero attached hydrogens (tertiary/aromatic N) is 3. The van der Waals surface area contributed by atoms with Gasteiger partial charge < -0.3 is 10.2 Å². The van der Waals surface area contributed by atoms with Crippen molar-refractivity contribution in [2.45, 2.75) is 40.5 Å². The Bertz CT molecular complexity index is 787. The van der Waals surface area contributed by atoms with Gasteiger partial charge in [0.1, 0.15) is 17.3 Å². The molecular formula is C20H26N4O. The number of hydrogen-bond donors (Lipinski definition) is 1. The van der Waals surface area contributed by atoms with Gasteiger partial charge in [-0.25, -0.2) is 9.97 Å². The lowest BCUT2D eigenvalue weighted by Gasteiger charge is -2.32. The van der Waals surface area contributed by atoms with Crippen LogP contribution >= 0.6 is 0 Å². The predicted octanol–water partition coefficient (Wildman–Crippen LogP) is 3.89. The average molecular weight is 338 g/mol. The molecule has 1 saturated heterocycles. The van der Waals surface area contributed by atoms with E-state index in [4.69, 9.17) is 0 Å². The fourth-order valence-corrected chi connectivity index (χ4v) is 3.30. The highest BCUT2D eigenvalue weighted by molar-refractivity contribution is 6.03. The predicted molar refractivity (Wildman–Crippen MR) is 101 cm³/mol. The number of benzene rings is 1. The van der Waals surface area contributed by atoms with Crippen molar-refractivity contribution in [2.75, 3.05) is 23.3 Å². The van der Waals surface area contributed by atoms with Gasteiger partial charge in [0.05, 0.1) is 0 Å². The number of hydrogen-bond acceptors (Lipinski definition) is 4. The van der Waals surface area contributed by atoms with Crippen LogP contribution in [-0.4, -0.2) is 29.0 Å². The quantitative estimate of drug-likeness (QED) is 0.922. The summed E-state index contributed by atoms with van der Waals surface area (Å²) in [5.74, 6) is 1.94. The van der Waals surface area contributed by atoms with E-state index in [1.807, 2.05) is 45.0 Å². The van der Waals surface area contributed by atoms with Crippen molar-refractivity contribution in [2.24, 2.45) is 5.92 Å². The first-order valence-corrected chi connectivity index (χ1v) is 8.92. The standard InChI is InChI=1S/C20H26N4O/c1-13-7-6-10-24(12-13)19-11-18(21-16(4)22-19)20(25)23-17-9-5-8-14(2)15(17)3/h5,8-9,11,13H,6-7,10,12H2,1-4H3,(H,23,25). The molecule has 0 spiro atoms. The molecule has 1 N–H and O–H groups in total. The second-order valence-corrected chi connectivity index (χ2v) is 7.05. The van der Waals surface area contributed by atoms with Crippen molar-refractivity contribution >= 4 is 17.4 Å². The molecule has 5 heteroatoms. The topological polar surface area (TPSA) is 58.1 Å². The van der Waals surface area contributed by atoms with Crippen molar-refractivity contribution in [3.05, 3.63) is 46.9 Å². The van der Waals surface area contributed by atoms with Gasteiger partial charge in [-0.05, 0) is 56.7 Å². The maximum absolute atomic E-state index is 12.7. The van der Waals surface area contributed by atoms with Gasteiger partial charge in [0.2, 0.25) is 0 Å². The Kier molecular flexibility index (Phi) is 5.02. The normalized spacial score (nSPS) is 17.4. The molecule has 3 rings (SSSR count). The minimum atomic E-state index is -0.189. The Labute approximate surface area is 149 Å². The summed E-state index contributed by atoms with van der Waals surface area (Å²) in [6.45, 7) is 10.1. The Hall–Kier alpha value is -2.43. The van der Waals surface area contributed by atoms with Crippen LogP contribution in [0.15, 0.2) is 24.3 Å². The Morgan fingerprint density at radius 2 is 2.04 bits per heavy atom. The number of nitrogens with one attached hydrogen (secondary N) is 1. The van der Waals surface area contributed by atoms with Crippen molar-refractivity contribution < 1.29 is 4.79 Å². The largest absolute Gasteiger partial charge is 0.356 e. The van der Waals surface area contributed by atoms with Gasteiger partial charge in [-0.2, -0.15) is 0 Å². The van der Waals surface area contributed by atoms with Crippen LogP contribution in [0, 0.1) is 26.7 Å². The third-order valence-corrected chi connectivity index (χ3v) is 4.89. The van der Waals surface area contributed by atoms with Crippen molar-refractivity contribution in [1.29, 1.82) is 0 Å². The van der Waals surface area contributed by atoms with Crippen molar-refractivity contribution in [1.82, 2.24) is 9.97 Å². The van der Waals surface area contributed by atoms with Crippen LogP contribution in [0.4, 0.5) is 11.5 Å². The molecule has 1 aliphatic heterocycles. The third kappa shape index (κ3) is 3.98. The highest BCUT2D eigenvalue weighted by Gasteiger charge is 2.20. The molecular weight excluding hydrogens is 312 g/mol. The van der Waals surface area contributed by atoms with Gasteiger partial charge in [-0.15, -0.1) is 0 Å². The first kappa shape index (κ1) is 17.4. The lowest BCUT2D eigenvalue weighted by atomic mass is 10.0. The van der Waals surface area contributed by atoms with E-state index < -0.39 is 0 Å². The van der Waals surface area contributed by atoms with E-state index in [0.29, 0.717) is 17.4 Å². The van der Waals surface area contributed by atoms with E-state index in [2.05, 4.69) is 27.1 Å². The molecule has 1 aromatic carbocycles. The molecule has 0 bridgehead atoms. The molecule has 1 aromatic heterocycles. The summed E-state index contributed by atoms with van der Waals surface area (Å²) in [5.41, 5.74) is 3.47. The molecule has 0 aliphatic carbocycles. The summed E-state index contributed by atoms with van der Waals surface area (Å²) in [6, 6.07) is 7.71. The fourth-order valence-electron chi connectivity index (χ4n) is 3.30. The van der Waals surface area contributed by atoms with Gasteiger partial charge in [-0.1, -0.05) is 19.1 Å². The zero-order valence-corrected chi connectivity index (χ0v) is 15.5. The zero-order valence-electron chi connectivity index (χ0n) is 15.5. The molecule has 1 unspecified atom stereocenters. The number of aromatic nitrogens is 2. The van der Waals surface area contributed by atoms with Crippen LogP contribution in [-0.2, 0) is 0 Å². The van der Waals surface area contributed by atoms with Crippen LogP contribution in [0.3, 0.4) is 0 Å². The van der Waals surface area contributed by atoms with Crippen LogP contribution in [0.1, 0.15) is 47.2 Å². The maximum atomic E-state index is 12.7. The number of carbonyl (C=O) groups is 1. The average Bonchev–Trinajstić information content (AvgIpc) is 2.58. The molecule has 2 heterocycles. The van der Waals surface area contributed by atoms with Crippen LogP contribution in [0.25, 0.3) is 0 Å². The Balaban J connectivity index is 1.84. The Morgan fingerprint density at radius 1 is 1.24 bits per heavy atom. The number of rotatable bonds is 3. The highest BCUT2D eigenvalue weighted by Crippen LogP contribution is 2.23. The number of piperidine rings is 1. The van der Waals surface area contributed by atoms with Crippen LogP contribution in [0.2, 0.25) is 0 Å². The SMILES string of the molecule is Cc1nc(C(=O)Nc2cccc(C)c2C)cc(N2CCCC(C)C2)n1. The smallest absolute Gasteiger partial charge is 0.274 e. The highest BCUT2D eigenvalue weighted by atomic mass is 16.1. The number of carbonyl (C=O) groups excluding carboxylic acids is 1. The summed E-state index contributed by atoms with van der Waals surface area (Å²) >= 11 is 0. The summed E-state index contributed by atoms with van der Waals surface area (Å²) in [5, 5.41) is 2.99. The molecule has 0 saturated carbocycles. The second-order valence-electron chi connectivity index (χ2n) is 7.05. The summed E-state index contributed by atoms with van der Waals surface area (Å²) in [6.07, 6.45) is 2.41. The summed E-state index contributed by atoms with van der Waals surface area (Å²) in [4.78, 5) is 23.9. The lowest BCUT2D eigenvalue weighted by molar-refractivity contribution is 0.102. The zero-order chi connectivity index (χ0) is 18.0. The molecule has 2 aromatic rings. The van der Waals surface area contributed by atoms with E-state index in [1.54, 1.807) is 0 Å². The fraction of sp³-hybridized carbons (Fsp3) is 0.450. The molecule has 1 amide bonds.